The van der Waals surface area contributed by atoms with Gasteiger partial charge in [-0.1, -0.05) is 6.07 Å². The zero-order chi connectivity index (χ0) is 13.6. The molecule has 3 nitrogen and oxygen atoms in total. The molecule has 1 aromatic carbocycles. The molecular formula is C14H12F2N2O. The second-order valence-corrected chi connectivity index (χ2v) is 4.80. The lowest BCUT2D eigenvalue weighted by molar-refractivity contribution is 0.510. The van der Waals surface area contributed by atoms with E-state index in [0.717, 1.165) is 18.9 Å². The second-order valence-electron chi connectivity index (χ2n) is 4.80. The van der Waals surface area contributed by atoms with Crippen LogP contribution in [0.25, 0.3) is 11.3 Å². The van der Waals surface area contributed by atoms with Crippen LogP contribution in [0.15, 0.2) is 23.0 Å². The molecule has 0 atom stereocenters. The Labute approximate surface area is 108 Å². The van der Waals surface area contributed by atoms with Crippen molar-refractivity contribution in [1.29, 1.82) is 0 Å². The lowest BCUT2D eigenvalue weighted by Gasteiger charge is -2.08. The average Bonchev–Trinajstić information content (AvgIpc) is 3.20. The van der Waals surface area contributed by atoms with Gasteiger partial charge in [-0.25, -0.2) is 13.8 Å². The smallest absolute Gasteiger partial charge is 0.254 e. The first-order valence-electron chi connectivity index (χ1n) is 6.13. The van der Waals surface area contributed by atoms with Gasteiger partial charge in [-0.15, -0.1) is 0 Å². The van der Waals surface area contributed by atoms with Crippen molar-refractivity contribution in [3.05, 3.63) is 51.6 Å². The van der Waals surface area contributed by atoms with E-state index in [4.69, 9.17) is 0 Å². The van der Waals surface area contributed by atoms with E-state index in [0.29, 0.717) is 11.4 Å². The van der Waals surface area contributed by atoms with Gasteiger partial charge < -0.3 is 4.98 Å². The zero-order valence-electron chi connectivity index (χ0n) is 10.3. The van der Waals surface area contributed by atoms with Gasteiger partial charge in [0, 0.05) is 17.0 Å². The SMILES string of the molecule is Cc1c(-c2cccc(F)c2F)nc(C2CC2)[nH]c1=O. The second kappa shape index (κ2) is 4.26. The van der Waals surface area contributed by atoms with Gasteiger partial charge in [0.05, 0.1) is 5.69 Å². The Morgan fingerprint density at radius 3 is 2.74 bits per heavy atom. The topological polar surface area (TPSA) is 45.8 Å². The Bertz CT molecular complexity index is 705. The summed E-state index contributed by atoms with van der Waals surface area (Å²) in [4.78, 5) is 18.9. The van der Waals surface area contributed by atoms with Crippen LogP contribution < -0.4 is 5.56 Å². The van der Waals surface area contributed by atoms with E-state index in [-0.39, 0.29) is 22.7 Å². The molecule has 1 aliphatic rings. The summed E-state index contributed by atoms with van der Waals surface area (Å²) in [5.41, 5.74) is 0.262. The number of hydrogen-bond donors (Lipinski definition) is 1. The highest BCUT2D eigenvalue weighted by Gasteiger charge is 2.27. The van der Waals surface area contributed by atoms with Gasteiger partial charge in [-0.05, 0) is 31.9 Å². The van der Waals surface area contributed by atoms with E-state index in [1.165, 1.54) is 12.1 Å². The maximum absolute atomic E-state index is 13.8. The van der Waals surface area contributed by atoms with Crippen molar-refractivity contribution in [3.8, 4) is 11.3 Å². The summed E-state index contributed by atoms with van der Waals surface area (Å²) in [6, 6.07) is 3.89. The van der Waals surface area contributed by atoms with Crippen molar-refractivity contribution in [2.75, 3.05) is 0 Å². The monoisotopic (exact) mass is 262 g/mol. The third-order valence-electron chi connectivity index (χ3n) is 3.34. The van der Waals surface area contributed by atoms with Gasteiger partial charge in [0.15, 0.2) is 11.6 Å². The Morgan fingerprint density at radius 1 is 1.32 bits per heavy atom. The van der Waals surface area contributed by atoms with Gasteiger partial charge in [0.2, 0.25) is 0 Å². The first-order chi connectivity index (χ1) is 9.08. The molecule has 1 heterocycles. The fourth-order valence-corrected chi connectivity index (χ4v) is 2.05. The van der Waals surface area contributed by atoms with E-state index in [2.05, 4.69) is 9.97 Å². The number of H-pyrrole nitrogens is 1. The molecule has 0 saturated heterocycles. The molecule has 0 aliphatic heterocycles. The number of halogens is 2. The van der Waals surface area contributed by atoms with Crippen LogP contribution in [0.5, 0.6) is 0 Å². The third-order valence-corrected chi connectivity index (χ3v) is 3.34. The first kappa shape index (κ1) is 12.0. The molecule has 0 unspecified atom stereocenters. The summed E-state index contributed by atoms with van der Waals surface area (Å²) < 4.78 is 27.1. The standard InChI is InChI=1S/C14H12F2N2O/c1-7-12(9-3-2-4-10(15)11(9)16)17-13(8-5-6-8)18-14(7)19/h2-4,8H,5-6H2,1H3,(H,17,18,19). The molecule has 3 rings (SSSR count). The normalized spacial score (nSPS) is 14.7. The Morgan fingerprint density at radius 2 is 2.05 bits per heavy atom. The molecule has 1 N–H and O–H groups in total. The predicted molar refractivity (Wildman–Crippen MR) is 66.9 cm³/mol. The molecule has 1 aromatic heterocycles. The molecule has 2 aromatic rings. The van der Waals surface area contributed by atoms with Crippen LogP contribution in [0.2, 0.25) is 0 Å². The molecule has 5 heteroatoms. The van der Waals surface area contributed by atoms with Crippen molar-refractivity contribution in [3.63, 3.8) is 0 Å². The van der Waals surface area contributed by atoms with Crippen LogP contribution in [-0.4, -0.2) is 9.97 Å². The van der Waals surface area contributed by atoms with Gasteiger partial charge >= 0.3 is 0 Å². The molecule has 0 radical (unpaired) electrons. The van der Waals surface area contributed by atoms with Crippen LogP contribution in [0.3, 0.4) is 0 Å². The van der Waals surface area contributed by atoms with Gasteiger partial charge in [0.1, 0.15) is 5.82 Å². The van der Waals surface area contributed by atoms with Crippen molar-refractivity contribution >= 4 is 0 Å². The lowest BCUT2D eigenvalue weighted by Crippen LogP contribution is -2.16. The lowest BCUT2D eigenvalue weighted by atomic mass is 10.1. The summed E-state index contributed by atoms with van der Waals surface area (Å²) in [6.45, 7) is 1.56. The molecule has 1 fully saturated rings. The largest absolute Gasteiger partial charge is 0.310 e. The van der Waals surface area contributed by atoms with Crippen molar-refractivity contribution in [1.82, 2.24) is 9.97 Å². The number of hydrogen-bond acceptors (Lipinski definition) is 2. The molecule has 0 bridgehead atoms. The number of aromatic amines is 1. The summed E-state index contributed by atoms with van der Waals surface area (Å²) >= 11 is 0. The summed E-state index contributed by atoms with van der Waals surface area (Å²) in [5, 5.41) is 0. The first-order valence-corrected chi connectivity index (χ1v) is 6.13. The predicted octanol–water partition coefficient (Wildman–Crippen LogP) is 2.90. The van der Waals surface area contributed by atoms with Crippen LogP contribution >= 0.6 is 0 Å². The molecule has 19 heavy (non-hydrogen) atoms. The third kappa shape index (κ3) is 2.05. The minimum absolute atomic E-state index is 0.0329. The molecule has 1 aliphatic carbocycles. The van der Waals surface area contributed by atoms with Crippen molar-refractivity contribution < 1.29 is 8.78 Å². The highest BCUT2D eigenvalue weighted by molar-refractivity contribution is 5.63. The van der Waals surface area contributed by atoms with Crippen LogP contribution in [-0.2, 0) is 0 Å². The summed E-state index contributed by atoms with van der Waals surface area (Å²) in [7, 11) is 0. The molecular weight excluding hydrogens is 250 g/mol. The zero-order valence-corrected chi connectivity index (χ0v) is 10.3. The van der Waals surface area contributed by atoms with Crippen LogP contribution in [0.4, 0.5) is 8.78 Å². The maximum Gasteiger partial charge on any atom is 0.254 e. The fraction of sp³-hybridized carbons (Fsp3) is 0.286. The Kier molecular flexibility index (Phi) is 2.69. The van der Waals surface area contributed by atoms with E-state index in [1.54, 1.807) is 6.92 Å². The minimum Gasteiger partial charge on any atom is -0.310 e. The number of nitrogens with one attached hydrogen (secondary N) is 1. The van der Waals surface area contributed by atoms with Crippen LogP contribution in [0, 0.1) is 18.6 Å². The number of rotatable bonds is 2. The van der Waals surface area contributed by atoms with E-state index in [9.17, 15) is 13.6 Å². The fourth-order valence-electron chi connectivity index (χ4n) is 2.05. The van der Waals surface area contributed by atoms with Gasteiger partial charge in [-0.3, -0.25) is 4.79 Å². The van der Waals surface area contributed by atoms with Gasteiger partial charge in [-0.2, -0.15) is 0 Å². The minimum atomic E-state index is -0.967. The molecule has 0 spiro atoms. The summed E-state index contributed by atoms with van der Waals surface area (Å²) in [5.74, 6) is -1.10. The highest BCUT2D eigenvalue weighted by atomic mass is 19.2. The van der Waals surface area contributed by atoms with E-state index >= 15 is 0 Å². The summed E-state index contributed by atoms with van der Waals surface area (Å²) in [6.07, 6.45) is 1.94. The Balaban J connectivity index is 2.23. The quantitative estimate of drug-likeness (QED) is 0.904. The van der Waals surface area contributed by atoms with E-state index in [1.807, 2.05) is 0 Å². The van der Waals surface area contributed by atoms with Gasteiger partial charge in [0.25, 0.3) is 5.56 Å². The average molecular weight is 262 g/mol. The number of nitrogens with zero attached hydrogens (tertiary/aromatic N) is 1. The molecule has 0 amide bonds. The highest BCUT2D eigenvalue weighted by Crippen LogP contribution is 2.38. The molecule has 98 valence electrons. The van der Waals surface area contributed by atoms with Crippen molar-refractivity contribution in [2.45, 2.75) is 25.7 Å². The van der Waals surface area contributed by atoms with Crippen LogP contribution in [0.1, 0.15) is 30.1 Å². The maximum atomic E-state index is 13.8. The number of aromatic nitrogens is 2. The van der Waals surface area contributed by atoms with E-state index < -0.39 is 11.6 Å². The Hall–Kier alpha value is -2.04. The number of benzene rings is 1. The van der Waals surface area contributed by atoms with Crippen molar-refractivity contribution in [2.24, 2.45) is 0 Å². The molecule has 1 saturated carbocycles.